The van der Waals surface area contributed by atoms with Crippen LogP contribution in [0.15, 0.2) is 35.0 Å². The van der Waals surface area contributed by atoms with Crippen molar-refractivity contribution >= 4 is 34.9 Å². The number of rotatable bonds is 7. The van der Waals surface area contributed by atoms with Gasteiger partial charge in [0.1, 0.15) is 0 Å². The topological polar surface area (TPSA) is 77.2 Å². The average molecular weight is 460 g/mol. The maximum absolute atomic E-state index is 12.8. The van der Waals surface area contributed by atoms with Crippen LogP contribution < -0.4 is 10.1 Å². The summed E-state index contributed by atoms with van der Waals surface area (Å²) in [5.41, 5.74) is 4.30. The zero-order chi connectivity index (χ0) is 21.8. The highest BCUT2D eigenvalue weighted by Gasteiger charge is 2.20. The molecule has 4 rings (SSSR count). The first-order valence-corrected chi connectivity index (χ1v) is 11.2. The quantitative estimate of drug-likeness (QED) is 0.416. The molecular weight excluding hydrogens is 437 g/mol. The first-order valence-electron chi connectivity index (χ1n) is 10.4. The Morgan fingerprint density at radius 3 is 2.58 bits per heavy atom. The third-order valence-corrected chi connectivity index (χ3v) is 5.91. The molecule has 1 N–H and O–H groups in total. The summed E-state index contributed by atoms with van der Waals surface area (Å²) in [6.45, 7) is 2.58. The highest BCUT2D eigenvalue weighted by atomic mass is 35.5. The fourth-order valence-corrected chi connectivity index (χ4v) is 4.26. The summed E-state index contributed by atoms with van der Waals surface area (Å²) in [6.07, 6.45) is 6.41. The van der Waals surface area contributed by atoms with Gasteiger partial charge in [0.05, 0.1) is 16.7 Å². The highest BCUT2D eigenvalue weighted by Crippen LogP contribution is 2.35. The van der Waals surface area contributed by atoms with Crippen LogP contribution in [0.25, 0.3) is 11.3 Å². The van der Waals surface area contributed by atoms with Crippen LogP contribution in [0.5, 0.6) is 5.75 Å². The second kappa shape index (κ2) is 9.71. The Morgan fingerprint density at radius 1 is 1.10 bits per heavy atom. The Bertz CT molecular complexity index is 1070. The predicted octanol–water partition coefficient (Wildman–Crippen LogP) is 6.35. The van der Waals surface area contributed by atoms with E-state index < -0.39 is 5.91 Å². The Hall–Kier alpha value is -2.57. The SMILES string of the molecule is CCCCOc1c(Cl)cc(C(=O)Nc2nonc2-c2ccc3c(c2)CCCC3)cc1Cl. The van der Waals surface area contributed by atoms with Gasteiger partial charge in [-0.25, -0.2) is 4.63 Å². The number of hydrogen-bond donors (Lipinski definition) is 1. The number of carbonyl (C=O) groups excluding carboxylic acids is 1. The zero-order valence-corrected chi connectivity index (χ0v) is 18.7. The van der Waals surface area contributed by atoms with E-state index >= 15 is 0 Å². The number of anilines is 1. The van der Waals surface area contributed by atoms with Gasteiger partial charge in [0.15, 0.2) is 11.4 Å². The molecule has 1 heterocycles. The summed E-state index contributed by atoms with van der Waals surface area (Å²) in [4.78, 5) is 12.8. The maximum Gasteiger partial charge on any atom is 0.257 e. The highest BCUT2D eigenvalue weighted by molar-refractivity contribution is 6.37. The van der Waals surface area contributed by atoms with Gasteiger partial charge in [-0.2, -0.15) is 0 Å². The van der Waals surface area contributed by atoms with Gasteiger partial charge in [0.25, 0.3) is 5.91 Å². The molecule has 6 nitrogen and oxygen atoms in total. The number of benzene rings is 2. The van der Waals surface area contributed by atoms with E-state index in [0.29, 0.717) is 18.1 Å². The number of aromatic nitrogens is 2. The molecule has 0 bridgehead atoms. The van der Waals surface area contributed by atoms with Gasteiger partial charge < -0.3 is 10.1 Å². The van der Waals surface area contributed by atoms with E-state index in [2.05, 4.69) is 34.7 Å². The lowest BCUT2D eigenvalue weighted by atomic mass is 9.90. The molecule has 0 spiro atoms. The minimum absolute atomic E-state index is 0.247. The molecule has 2 aromatic carbocycles. The van der Waals surface area contributed by atoms with Crippen LogP contribution in [-0.2, 0) is 12.8 Å². The molecule has 0 aliphatic heterocycles. The van der Waals surface area contributed by atoms with E-state index in [0.717, 1.165) is 31.2 Å². The van der Waals surface area contributed by atoms with E-state index in [-0.39, 0.29) is 21.4 Å². The zero-order valence-electron chi connectivity index (χ0n) is 17.2. The minimum Gasteiger partial charge on any atom is -0.490 e. The maximum atomic E-state index is 12.8. The molecule has 162 valence electrons. The number of aryl methyl sites for hydroxylation is 2. The smallest absolute Gasteiger partial charge is 0.257 e. The summed E-state index contributed by atoms with van der Waals surface area (Å²) in [5, 5.41) is 11.2. The summed E-state index contributed by atoms with van der Waals surface area (Å²) < 4.78 is 10.6. The van der Waals surface area contributed by atoms with Crippen LogP contribution in [0.1, 0.15) is 54.1 Å². The average Bonchev–Trinajstić information content (AvgIpc) is 3.23. The molecule has 0 saturated carbocycles. The van der Waals surface area contributed by atoms with Crippen LogP contribution in [0.2, 0.25) is 10.0 Å². The molecule has 0 atom stereocenters. The van der Waals surface area contributed by atoms with Crippen molar-refractivity contribution in [3.63, 3.8) is 0 Å². The van der Waals surface area contributed by atoms with Gasteiger partial charge in [-0.1, -0.05) is 48.7 Å². The van der Waals surface area contributed by atoms with Crippen LogP contribution in [0, 0.1) is 0 Å². The van der Waals surface area contributed by atoms with Crippen molar-refractivity contribution in [3.05, 3.63) is 57.1 Å². The molecule has 1 aliphatic carbocycles. The number of unbranched alkanes of at least 4 members (excludes halogenated alkanes) is 1. The molecule has 0 radical (unpaired) electrons. The molecule has 0 unspecified atom stereocenters. The number of fused-ring (bicyclic) bond motifs is 1. The molecule has 1 amide bonds. The second-order valence-electron chi connectivity index (χ2n) is 7.58. The minimum atomic E-state index is -0.418. The Morgan fingerprint density at radius 2 is 1.84 bits per heavy atom. The van der Waals surface area contributed by atoms with Gasteiger partial charge in [-0.05, 0) is 71.7 Å². The van der Waals surface area contributed by atoms with E-state index in [1.54, 1.807) is 0 Å². The number of ether oxygens (including phenoxy) is 1. The Labute approximate surface area is 190 Å². The third kappa shape index (κ3) is 4.86. The number of nitrogens with zero attached hydrogens (tertiary/aromatic N) is 2. The van der Waals surface area contributed by atoms with Gasteiger partial charge in [0.2, 0.25) is 5.82 Å². The fourth-order valence-electron chi connectivity index (χ4n) is 3.67. The largest absolute Gasteiger partial charge is 0.490 e. The number of carbonyl (C=O) groups is 1. The molecule has 1 aromatic heterocycles. The predicted molar refractivity (Wildman–Crippen MR) is 121 cm³/mol. The summed E-state index contributed by atoms with van der Waals surface area (Å²) >= 11 is 12.6. The lowest BCUT2D eigenvalue weighted by Crippen LogP contribution is -2.13. The van der Waals surface area contributed by atoms with Crippen molar-refractivity contribution in [3.8, 4) is 17.0 Å². The van der Waals surface area contributed by atoms with Crippen molar-refractivity contribution in [2.75, 3.05) is 11.9 Å². The van der Waals surface area contributed by atoms with Crippen LogP contribution in [0.4, 0.5) is 5.82 Å². The standard InChI is InChI=1S/C23H23Cl2N3O3/c1-2-3-10-30-21-18(24)12-17(13-19(21)25)23(29)26-22-20(27-31-28-22)16-9-8-14-6-4-5-7-15(14)11-16/h8-9,11-13H,2-7,10H2,1H3,(H,26,28,29). The summed E-state index contributed by atoms with van der Waals surface area (Å²) in [7, 11) is 0. The lowest BCUT2D eigenvalue weighted by Gasteiger charge is -2.16. The third-order valence-electron chi connectivity index (χ3n) is 5.35. The Balaban J connectivity index is 1.53. The molecule has 3 aromatic rings. The molecule has 31 heavy (non-hydrogen) atoms. The van der Waals surface area contributed by atoms with Gasteiger partial charge in [-0.15, -0.1) is 0 Å². The molecule has 0 saturated heterocycles. The van der Waals surface area contributed by atoms with Gasteiger partial charge in [-0.3, -0.25) is 4.79 Å². The number of nitrogens with one attached hydrogen (secondary N) is 1. The summed E-state index contributed by atoms with van der Waals surface area (Å²) in [5.74, 6) is 0.210. The lowest BCUT2D eigenvalue weighted by molar-refractivity contribution is 0.102. The van der Waals surface area contributed by atoms with E-state index in [1.165, 1.54) is 36.1 Å². The van der Waals surface area contributed by atoms with Crippen LogP contribution in [-0.4, -0.2) is 22.8 Å². The number of amides is 1. The van der Waals surface area contributed by atoms with Gasteiger partial charge in [0, 0.05) is 11.1 Å². The van der Waals surface area contributed by atoms with E-state index in [4.69, 9.17) is 32.6 Å². The first kappa shape index (κ1) is 21.7. The van der Waals surface area contributed by atoms with E-state index in [9.17, 15) is 4.79 Å². The van der Waals surface area contributed by atoms with Crippen LogP contribution >= 0.6 is 23.2 Å². The van der Waals surface area contributed by atoms with E-state index in [1.807, 2.05) is 6.07 Å². The second-order valence-corrected chi connectivity index (χ2v) is 8.39. The fraction of sp³-hybridized carbons (Fsp3) is 0.348. The van der Waals surface area contributed by atoms with Crippen molar-refractivity contribution in [1.29, 1.82) is 0 Å². The monoisotopic (exact) mass is 459 g/mol. The number of hydrogen-bond acceptors (Lipinski definition) is 5. The Kier molecular flexibility index (Phi) is 6.78. The molecular formula is C23H23Cl2N3O3. The van der Waals surface area contributed by atoms with Crippen LogP contribution in [0.3, 0.4) is 0 Å². The van der Waals surface area contributed by atoms with Crippen molar-refractivity contribution < 1.29 is 14.2 Å². The van der Waals surface area contributed by atoms with Gasteiger partial charge >= 0.3 is 0 Å². The molecule has 0 fully saturated rings. The van der Waals surface area contributed by atoms with Crippen molar-refractivity contribution in [1.82, 2.24) is 10.3 Å². The molecule has 8 heteroatoms. The number of halogens is 2. The molecule has 1 aliphatic rings. The normalized spacial score (nSPS) is 13.0. The van der Waals surface area contributed by atoms with Crippen molar-refractivity contribution in [2.24, 2.45) is 0 Å². The van der Waals surface area contributed by atoms with Crippen molar-refractivity contribution in [2.45, 2.75) is 45.4 Å². The first-order chi connectivity index (χ1) is 15.1. The summed E-state index contributed by atoms with van der Waals surface area (Å²) in [6, 6.07) is 9.24.